The van der Waals surface area contributed by atoms with Crippen LogP contribution in [-0.2, 0) is 16.1 Å². The van der Waals surface area contributed by atoms with E-state index in [2.05, 4.69) is 10.3 Å². The predicted octanol–water partition coefficient (Wildman–Crippen LogP) is 2.00. The van der Waals surface area contributed by atoms with Crippen LogP contribution in [0.25, 0.3) is 11.3 Å². The second kappa shape index (κ2) is 5.70. The SMILES string of the molecule is COC(=O)C(C)(C)Cn1cc(-c2cc(F)c(N)c(F)c2)nn1. The lowest BCUT2D eigenvalue weighted by molar-refractivity contribution is -0.151. The van der Waals surface area contributed by atoms with Crippen LogP contribution in [0.5, 0.6) is 0 Å². The summed E-state index contributed by atoms with van der Waals surface area (Å²) in [6.45, 7) is 3.61. The number of carbonyl (C=O) groups is 1. The first kappa shape index (κ1) is 15.9. The van der Waals surface area contributed by atoms with E-state index in [4.69, 9.17) is 10.5 Å². The van der Waals surface area contributed by atoms with E-state index in [0.29, 0.717) is 0 Å². The van der Waals surface area contributed by atoms with Crippen molar-refractivity contribution < 1.29 is 18.3 Å². The summed E-state index contributed by atoms with van der Waals surface area (Å²) < 4.78 is 33.1. The summed E-state index contributed by atoms with van der Waals surface area (Å²) in [7, 11) is 1.30. The molecule has 0 aliphatic rings. The zero-order valence-electron chi connectivity index (χ0n) is 12.4. The van der Waals surface area contributed by atoms with Crippen LogP contribution in [0.2, 0.25) is 0 Å². The van der Waals surface area contributed by atoms with Gasteiger partial charge >= 0.3 is 5.97 Å². The molecule has 0 saturated heterocycles. The number of nitrogen functional groups attached to an aromatic ring is 1. The van der Waals surface area contributed by atoms with Gasteiger partial charge in [0.25, 0.3) is 0 Å². The third-order valence-corrected chi connectivity index (χ3v) is 3.21. The third kappa shape index (κ3) is 3.05. The molecule has 1 aromatic carbocycles. The van der Waals surface area contributed by atoms with Crippen LogP contribution in [0.4, 0.5) is 14.5 Å². The van der Waals surface area contributed by atoms with E-state index in [1.54, 1.807) is 13.8 Å². The molecule has 1 heterocycles. The highest BCUT2D eigenvalue weighted by Crippen LogP contribution is 2.25. The largest absolute Gasteiger partial charge is 0.469 e. The number of benzene rings is 1. The second-order valence-electron chi connectivity index (χ2n) is 5.53. The number of esters is 1. The Balaban J connectivity index is 2.27. The Hall–Kier alpha value is -2.51. The fraction of sp³-hybridized carbons (Fsp3) is 0.357. The molecular formula is C14H16F2N4O2. The van der Waals surface area contributed by atoms with E-state index in [-0.39, 0.29) is 17.8 Å². The number of aromatic nitrogens is 3. The molecule has 8 heteroatoms. The van der Waals surface area contributed by atoms with Gasteiger partial charge in [0, 0.05) is 5.56 Å². The molecule has 0 amide bonds. The van der Waals surface area contributed by atoms with Gasteiger partial charge in [0.15, 0.2) is 0 Å². The van der Waals surface area contributed by atoms with Crippen molar-refractivity contribution in [3.05, 3.63) is 30.0 Å². The number of ether oxygens (including phenoxy) is 1. The molecule has 0 spiro atoms. The number of hydrogen-bond acceptors (Lipinski definition) is 5. The number of methoxy groups -OCH3 is 1. The minimum absolute atomic E-state index is 0.214. The molecule has 0 fully saturated rings. The first-order valence-corrected chi connectivity index (χ1v) is 6.48. The minimum atomic E-state index is -0.862. The van der Waals surface area contributed by atoms with Gasteiger partial charge in [0.05, 0.1) is 25.3 Å². The van der Waals surface area contributed by atoms with Crippen LogP contribution < -0.4 is 5.73 Å². The number of halogens is 2. The topological polar surface area (TPSA) is 83.0 Å². The van der Waals surface area contributed by atoms with Crippen molar-refractivity contribution in [3.8, 4) is 11.3 Å². The van der Waals surface area contributed by atoms with Crippen LogP contribution in [-0.4, -0.2) is 28.1 Å². The standard InChI is InChI=1S/C14H16F2N4O2/c1-14(2,13(21)22-3)7-20-6-11(18-19-20)8-4-9(15)12(17)10(16)5-8/h4-6H,7,17H2,1-3H3. The highest BCUT2D eigenvalue weighted by molar-refractivity contribution is 5.75. The first-order valence-electron chi connectivity index (χ1n) is 6.48. The lowest BCUT2D eigenvalue weighted by Gasteiger charge is -2.20. The molecule has 0 bridgehead atoms. The Labute approximate surface area is 125 Å². The number of hydrogen-bond donors (Lipinski definition) is 1. The Morgan fingerprint density at radius 3 is 2.50 bits per heavy atom. The maximum atomic E-state index is 13.5. The number of anilines is 1. The molecular weight excluding hydrogens is 294 g/mol. The van der Waals surface area contributed by atoms with Crippen LogP contribution >= 0.6 is 0 Å². The molecule has 0 aliphatic carbocycles. The molecule has 0 unspecified atom stereocenters. The predicted molar refractivity (Wildman–Crippen MR) is 75.6 cm³/mol. The molecule has 1 aromatic heterocycles. The summed E-state index contributed by atoms with van der Waals surface area (Å²) in [5, 5.41) is 7.71. The van der Waals surface area contributed by atoms with Gasteiger partial charge in [-0.25, -0.2) is 8.78 Å². The van der Waals surface area contributed by atoms with Crippen molar-refractivity contribution >= 4 is 11.7 Å². The maximum Gasteiger partial charge on any atom is 0.313 e. The summed E-state index contributed by atoms with van der Waals surface area (Å²) in [5.41, 5.74) is 4.37. The normalized spacial score (nSPS) is 11.5. The molecule has 2 aromatic rings. The van der Waals surface area contributed by atoms with Crippen molar-refractivity contribution in [1.29, 1.82) is 0 Å². The van der Waals surface area contributed by atoms with Crippen LogP contribution in [0, 0.1) is 17.0 Å². The molecule has 2 rings (SSSR count). The van der Waals surface area contributed by atoms with E-state index in [1.165, 1.54) is 18.0 Å². The lowest BCUT2D eigenvalue weighted by Crippen LogP contribution is -2.30. The van der Waals surface area contributed by atoms with Gasteiger partial charge in [0.1, 0.15) is 23.0 Å². The van der Waals surface area contributed by atoms with Crippen LogP contribution in [0.3, 0.4) is 0 Å². The first-order chi connectivity index (χ1) is 10.2. The monoisotopic (exact) mass is 310 g/mol. The van der Waals surface area contributed by atoms with E-state index in [1.807, 2.05) is 0 Å². The smallest absolute Gasteiger partial charge is 0.313 e. The lowest BCUT2D eigenvalue weighted by atomic mass is 9.94. The minimum Gasteiger partial charge on any atom is -0.469 e. The maximum absolute atomic E-state index is 13.5. The van der Waals surface area contributed by atoms with Gasteiger partial charge < -0.3 is 10.5 Å². The molecule has 6 nitrogen and oxygen atoms in total. The van der Waals surface area contributed by atoms with E-state index >= 15 is 0 Å². The summed E-state index contributed by atoms with van der Waals surface area (Å²) in [4.78, 5) is 11.6. The number of nitrogens with zero attached hydrogens (tertiary/aromatic N) is 3. The van der Waals surface area contributed by atoms with Gasteiger partial charge in [0.2, 0.25) is 0 Å². The summed E-state index contributed by atoms with van der Waals surface area (Å²) >= 11 is 0. The number of nitrogens with two attached hydrogens (primary N) is 1. The summed E-state index contributed by atoms with van der Waals surface area (Å²) in [5.74, 6) is -2.12. The fourth-order valence-corrected chi connectivity index (χ4v) is 1.99. The van der Waals surface area contributed by atoms with Gasteiger partial charge in [-0.3, -0.25) is 9.48 Å². The average Bonchev–Trinajstić information content (AvgIpc) is 2.90. The molecule has 2 N–H and O–H groups in total. The van der Waals surface area contributed by atoms with E-state index < -0.39 is 28.7 Å². The zero-order valence-corrected chi connectivity index (χ0v) is 12.4. The van der Waals surface area contributed by atoms with Crippen molar-refractivity contribution in [2.75, 3.05) is 12.8 Å². The van der Waals surface area contributed by atoms with Gasteiger partial charge in [-0.05, 0) is 26.0 Å². The second-order valence-corrected chi connectivity index (χ2v) is 5.53. The van der Waals surface area contributed by atoms with Gasteiger partial charge in [-0.2, -0.15) is 0 Å². The summed E-state index contributed by atoms with van der Waals surface area (Å²) in [6, 6.07) is 2.16. The fourth-order valence-electron chi connectivity index (χ4n) is 1.99. The van der Waals surface area contributed by atoms with E-state index in [9.17, 15) is 13.6 Å². The quantitative estimate of drug-likeness (QED) is 0.690. The zero-order chi connectivity index (χ0) is 16.5. The highest BCUT2D eigenvalue weighted by Gasteiger charge is 2.30. The Bertz CT molecular complexity index is 690. The Kier molecular flexibility index (Phi) is 4.11. The van der Waals surface area contributed by atoms with Gasteiger partial charge in [-0.15, -0.1) is 5.10 Å². The van der Waals surface area contributed by atoms with Crippen molar-refractivity contribution in [1.82, 2.24) is 15.0 Å². The molecule has 0 aliphatic heterocycles. The molecule has 0 atom stereocenters. The van der Waals surface area contributed by atoms with Crippen LogP contribution in [0.15, 0.2) is 18.3 Å². The van der Waals surface area contributed by atoms with Gasteiger partial charge in [-0.1, -0.05) is 5.21 Å². The summed E-state index contributed by atoms with van der Waals surface area (Å²) in [6.07, 6.45) is 1.50. The van der Waals surface area contributed by atoms with Crippen molar-refractivity contribution in [3.63, 3.8) is 0 Å². The molecule has 22 heavy (non-hydrogen) atoms. The van der Waals surface area contributed by atoms with Crippen LogP contribution in [0.1, 0.15) is 13.8 Å². The van der Waals surface area contributed by atoms with Crippen molar-refractivity contribution in [2.45, 2.75) is 20.4 Å². The Morgan fingerprint density at radius 1 is 1.36 bits per heavy atom. The average molecular weight is 310 g/mol. The molecule has 0 radical (unpaired) electrons. The Morgan fingerprint density at radius 2 is 1.95 bits per heavy atom. The molecule has 118 valence electrons. The van der Waals surface area contributed by atoms with E-state index in [0.717, 1.165) is 12.1 Å². The van der Waals surface area contributed by atoms with Crippen molar-refractivity contribution in [2.24, 2.45) is 5.41 Å². The number of rotatable bonds is 4. The number of carbonyl (C=O) groups excluding carboxylic acids is 1. The highest BCUT2D eigenvalue weighted by atomic mass is 19.1. The molecule has 0 saturated carbocycles. The third-order valence-electron chi connectivity index (χ3n) is 3.21.